The van der Waals surface area contributed by atoms with E-state index < -0.39 is 0 Å². The Hall–Kier alpha value is -2.87. The summed E-state index contributed by atoms with van der Waals surface area (Å²) in [5, 5.41) is 14.3. The molecular weight excluding hydrogens is 421 g/mol. The first-order chi connectivity index (χ1) is 16.1. The van der Waals surface area contributed by atoms with E-state index in [1.54, 1.807) is 16.9 Å². The normalized spacial score (nSPS) is 28.8. The number of ketones is 1. The van der Waals surface area contributed by atoms with Crippen LogP contribution >= 0.6 is 0 Å². The smallest absolute Gasteiger partial charge is 0.168 e. The second-order valence-corrected chi connectivity index (χ2v) is 9.87. The van der Waals surface area contributed by atoms with Gasteiger partial charge in [0, 0.05) is 32.0 Å². The summed E-state index contributed by atoms with van der Waals surface area (Å²) in [6.07, 6.45) is 12.2. The van der Waals surface area contributed by atoms with E-state index in [4.69, 9.17) is 4.98 Å². The summed E-state index contributed by atoms with van der Waals surface area (Å²) in [5.41, 5.74) is 1.94. The largest absolute Gasteiger partial charge is 0.396 e. The molecule has 3 fully saturated rings. The fourth-order valence-corrected chi connectivity index (χ4v) is 6.67. The summed E-state index contributed by atoms with van der Waals surface area (Å²) in [6.45, 7) is 0.979. The minimum absolute atomic E-state index is 0.00424. The molecule has 1 saturated heterocycles. The zero-order valence-corrected chi connectivity index (χ0v) is 18.5. The number of hydrogen-bond donors (Lipinski definition) is 1. The number of Topliss-reactive ketones (excluding diaryl/α,β-unsaturated/α-hetero) is 1. The predicted octanol–water partition coefficient (Wildman–Crippen LogP) is 3.83. The lowest BCUT2D eigenvalue weighted by atomic mass is 9.76. The van der Waals surface area contributed by atoms with Crippen LogP contribution in [0.4, 0.5) is 10.2 Å². The number of pyridine rings is 1. The van der Waals surface area contributed by atoms with Gasteiger partial charge in [-0.15, -0.1) is 0 Å². The molecule has 2 saturated carbocycles. The summed E-state index contributed by atoms with van der Waals surface area (Å²) in [5.74, 6) is 2.08. The molecule has 5 atom stereocenters. The average Bonchev–Trinajstić information content (AvgIpc) is 3.61. The minimum Gasteiger partial charge on any atom is -0.396 e. The maximum Gasteiger partial charge on any atom is 0.168 e. The molecule has 3 aromatic heterocycles. The quantitative estimate of drug-likeness (QED) is 0.576. The van der Waals surface area contributed by atoms with Crippen LogP contribution in [0.15, 0.2) is 36.9 Å². The van der Waals surface area contributed by atoms with Gasteiger partial charge in [-0.2, -0.15) is 5.10 Å². The summed E-state index contributed by atoms with van der Waals surface area (Å²) in [6, 6.07) is 3.44. The lowest BCUT2D eigenvalue weighted by Crippen LogP contribution is -2.27. The highest BCUT2D eigenvalue weighted by Gasteiger charge is 2.47. The lowest BCUT2D eigenvalue weighted by Gasteiger charge is -2.29. The zero-order chi connectivity index (χ0) is 22.5. The Labute approximate surface area is 191 Å². The molecule has 0 amide bonds. The Morgan fingerprint density at radius 1 is 1.15 bits per heavy atom. The number of aliphatic hydroxyl groups is 1. The third-order valence-electron chi connectivity index (χ3n) is 8.22. The van der Waals surface area contributed by atoms with Crippen LogP contribution in [-0.4, -0.2) is 43.6 Å². The standard InChI is InChI=1S/C25H28FN5O2/c26-18-9-17(11-27-12-18)22-2-1-6-30(22)24-5-7-31-25(29-24)20(13-28-31)23(33)10-19-15-3-4-16(8-15)21(19)14-32/h5,7,9,11-13,15-16,19,21-22,32H,1-4,6,8,10,14H2/t15?,16-,19+,21-,22+/m0/s1. The van der Waals surface area contributed by atoms with Crippen LogP contribution in [0.2, 0.25) is 0 Å². The lowest BCUT2D eigenvalue weighted by molar-refractivity contribution is 0.0844. The molecule has 1 aliphatic heterocycles. The summed E-state index contributed by atoms with van der Waals surface area (Å²) in [4.78, 5) is 24.3. The van der Waals surface area contributed by atoms with Crippen molar-refractivity contribution in [3.8, 4) is 0 Å². The Balaban J connectivity index is 1.28. The Morgan fingerprint density at radius 3 is 2.82 bits per heavy atom. The third kappa shape index (κ3) is 3.51. The van der Waals surface area contributed by atoms with Crippen molar-refractivity contribution in [2.45, 2.75) is 44.6 Å². The van der Waals surface area contributed by atoms with E-state index in [0.717, 1.165) is 37.2 Å². The molecule has 1 unspecified atom stereocenters. The molecule has 1 N–H and O–H groups in total. The third-order valence-corrected chi connectivity index (χ3v) is 8.22. The maximum atomic E-state index is 13.8. The molecule has 33 heavy (non-hydrogen) atoms. The molecule has 6 rings (SSSR count). The topological polar surface area (TPSA) is 83.6 Å². The molecule has 8 heteroatoms. The van der Waals surface area contributed by atoms with Crippen LogP contribution in [0.1, 0.15) is 60.5 Å². The number of aromatic nitrogens is 4. The van der Waals surface area contributed by atoms with Gasteiger partial charge in [-0.1, -0.05) is 0 Å². The van der Waals surface area contributed by atoms with Crippen molar-refractivity contribution in [2.75, 3.05) is 18.1 Å². The molecular formula is C25H28FN5O2. The van der Waals surface area contributed by atoms with Crippen LogP contribution in [0.25, 0.3) is 5.65 Å². The maximum absolute atomic E-state index is 13.8. The molecule has 2 aliphatic carbocycles. The van der Waals surface area contributed by atoms with Crippen molar-refractivity contribution in [1.29, 1.82) is 0 Å². The van der Waals surface area contributed by atoms with Gasteiger partial charge >= 0.3 is 0 Å². The van der Waals surface area contributed by atoms with Crippen molar-refractivity contribution < 1.29 is 14.3 Å². The Bertz CT molecular complexity index is 1200. The van der Waals surface area contributed by atoms with E-state index >= 15 is 0 Å². The first-order valence-electron chi connectivity index (χ1n) is 12.0. The number of aliphatic hydroxyl groups excluding tert-OH is 1. The van der Waals surface area contributed by atoms with Crippen molar-refractivity contribution in [3.05, 3.63) is 53.9 Å². The van der Waals surface area contributed by atoms with Gasteiger partial charge in [0.25, 0.3) is 0 Å². The van der Waals surface area contributed by atoms with Gasteiger partial charge in [0.1, 0.15) is 11.6 Å². The minimum atomic E-state index is -0.340. The van der Waals surface area contributed by atoms with Gasteiger partial charge < -0.3 is 10.0 Å². The molecule has 7 nitrogen and oxygen atoms in total. The van der Waals surface area contributed by atoms with Crippen molar-refractivity contribution >= 4 is 17.2 Å². The Kier molecular flexibility index (Phi) is 5.13. The number of halogens is 1. The summed E-state index contributed by atoms with van der Waals surface area (Å²) in [7, 11) is 0. The van der Waals surface area contributed by atoms with E-state index in [2.05, 4.69) is 15.0 Å². The second-order valence-electron chi connectivity index (χ2n) is 9.87. The van der Waals surface area contributed by atoms with Crippen molar-refractivity contribution in [3.63, 3.8) is 0 Å². The van der Waals surface area contributed by atoms with E-state index in [0.29, 0.717) is 29.5 Å². The van der Waals surface area contributed by atoms with Gasteiger partial charge in [0.05, 0.1) is 24.0 Å². The summed E-state index contributed by atoms with van der Waals surface area (Å²) >= 11 is 0. The molecule has 172 valence electrons. The second kappa shape index (κ2) is 8.17. The van der Waals surface area contributed by atoms with Gasteiger partial charge in [-0.3, -0.25) is 9.78 Å². The van der Waals surface area contributed by atoms with Gasteiger partial charge in [0.15, 0.2) is 11.4 Å². The molecule has 3 aromatic rings. The van der Waals surface area contributed by atoms with Crippen LogP contribution in [0.3, 0.4) is 0 Å². The van der Waals surface area contributed by atoms with Gasteiger partial charge in [-0.25, -0.2) is 13.9 Å². The molecule has 0 radical (unpaired) electrons. The first-order valence-corrected chi connectivity index (χ1v) is 12.0. The van der Waals surface area contributed by atoms with Crippen LogP contribution in [0.5, 0.6) is 0 Å². The number of nitrogens with zero attached hydrogens (tertiary/aromatic N) is 5. The fourth-order valence-electron chi connectivity index (χ4n) is 6.67. The van der Waals surface area contributed by atoms with E-state index in [-0.39, 0.29) is 36.1 Å². The number of fused-ring (bicyclic) bond motifs is 3. The number of anilines is 1. The fraction of sp³-hybridized carbons (Fsp3) is 0.520. The van der Waals surface area contributed by atoms with Crippen LogP contribution in [-0.2, 0) is 0 Å². The Morgan fingerprint density at radius 2 is 2.00 bits per heavy atom. The van der Waals surface area contributed by atoms with Crippen LogP contribution < -0.4 is 4.90 Å². The number of rotatable bonds is 6. The molecule has 0 aromatic carbocycles. The predicted molar refractivity (Wildman–Crippen MR) is 120 cm³/mol. The number of carbonyl (C=O) groups excluding carboxylic acids is 1. The van der Waals surface area contributed by atoms with Crippen molar-refractivity contribution in [2.24, 2.45) is 23.7 Å². The number of carbonyl (C=O) groups is 1. The van der Waals surface area contributed by atoms with E-state index in [1.165, 1.54) is 25.1 Å². The molecule has 2 bridgehead atoms. The van der Waals surface area contributed by atoms with Gasteiger partial charge in [0.2, 0.25) is 0 Å². The summed E-state index contributed by atoms with van der Waals surface area (Å²) < 4.78 is 15.4. The highest BCUT2D eigenvalue weighted by atomic mass is 19.1. The highest BCUT2D eigenvalue weighted by molar-refractivity contribution is 6.01. The van der Waals surface area contributed by atoms with E-state index in [1.807, 2.05) is 12.3 Å². The van der Waals surface area contributed by atoms with E-state index in [9.17, 15) is 14.3 Å². The first kappa shape index (κ1) is 20.7. The molecule has 4 heterocycles. The molecule has 3 aliphatic rings. The SMILES string of the molecule is O=C(C[C@@H]1C2CC[C@@H](C2)[C@@H]1CO)c1cnn2ccc(N3CCC[C@@H]3c3cncc(F)c3)nc12. The highest BCUT2D eigenvalue weighted by Crippen LogP contribution is 2.53. The van der Waals surface area contributed by atoms with Gasteiger partial charge in [-0.05, 0) is 73.5 Å². The van der Waals surface area contributed by atoms with Crippen molar-refractivity contribution in [1.82, 2.24) is 19.6 Å². The zero-order valence-electron chi connectivity index (χ0n) is 18.5. The van der Waals surface area contributed by atoms with Crippen LogP contribution in [0, 0.1) is 29.5 Å². The monoisotopic (exact) mass is 449 g/mol. The number of hydrogen-bond acceptors (Lipinski definition) is 6. The average molecular weight is 450 g/mol. The molecule has 0 spiro atoms.